The van der Waals surface area contributed by atoms with E-state index >= 15 is 0 Å². The van der Waals surface area contributed by atoms with Crippen LogP contribution in [0.2, 0.25) is 0 Å². The number of imide groups is 1. The van der Waals surface area contributed by atoms with E-state index in [4.69, 9.17) is 0 Å². The van der Waals surface area contributed by atoms with Gasteiger partial charge in [-0.1, -0.05) is 6.08 Å². The Hall–Kier alpha value is -1.29. The molecule has 2 aliphatic heterocycles. The van der Waals surface area contributed by atoms with Crippen LogP contribution in [-0.2, 0) is 9.59 Å². The van der Waals surface area contributed by atoms with Crippen molar-refractivity contribution in [1.29, 1.82) is 0 Å². The zero-order chi connectivity index (χ0) is 9.00. The summed E-state index contributed by atoms with van der Waals surface area (Å²) in [5.41, 5.74) is 2.06. The Labute approximate surface area is 78.6 Å². The zero-order valence-corrected chi connectivity index (χ0v) is 7.40. The normalized spacial score (nSPS) is 24.3. The van der Waals surface area contributed by atoms with E-state index in [0.717, 1.165) is 16.2 Å². The highest BCUT2D eigenvalue weighted by Crippen LogP contribution is 2.44. The minimum Gasteiger partial charge on any atom is -0.288 e. The molecular weight excluding hydrogens is 186 g/mol. The number of hydrogen-bond donors (Lipinski definition) is 1. The van der Waals surface area contributed by atoms with Crippen LogP contribution in [-0.4, -0.2) is 17.6 Å². The summed E-state index contributed by atoms with van der Waals surface area (Å²) in [5.74, 6) is 0.391. The Morgan fingerprint density at radius 1 is 1.31 bits per heavy atom. The molecule has 3 rings (SSSR count). The maximum atomic E-state index is 11.3. The van der Waals surface area contributed by atoms with E-state index in [0.29, 0.717) is 11.1 Å². The molecule has 0 saturated carbocycles. The molecule has 0 unspecified atom stereocenters. The highest BCUT2D eigenvalue weighted by atomic mass is 32.2. The molecule has 0 radical (unpaired) electrons. The maximum Gasteiger partial charge on any atom is 0.259 e. The van der Waals surface area contributed by atoms with Crippen LogP contribution in [0, 0.1) is 0 Å². The summed E-state index contributed by atoms with van der Waals surface area (Å²) in [5, 5.41) is 2.28. The van der Waals surface area contributed by atoms with E-state index in [9.17, 15) is 9.59 Å². The van der Waals surface area contributed by atoms with Gasteiger partial charge in [-0.2, -0.15) is 0 Å². The van der Waals surface area contributed by atoms with Crippen molar-refractivity contribution < 1.29 is 9.59 Å². The fourth-order valence-electron chi connectivity index (χ4n) is 1.74. The molecule has 1 aliphatic carbocycles. The van der Waals surface area contributed by atoms with Crippen molar-refractivity contribution in [3.63, 3.8) is 0 Å². The summed E-state index contributed by atoms with van der Waals surface area (Å²) in [6.07, 6.45) is 3.80. The molecule has 3 nitrogen and oxygen atoms in total. The van der Waals surface area contributed by atoms with Crippen LogP contribution in [0.25, 0.3) is 0 Å². The molecule has 0 aromatic rings. The summed E-state index contributed by atoms with van der Waals surface area (Å²) in [4.78, 5) is 23.6. The first-order valence-electron chi connectivity index (χ1n) is 3.93. The van der Waals surface area contributed by atoms with Crippen molar-refractivity contribution in [1.82, 2.24) is 5.32 Å². The average molecular weight is 191 g/mol. The van der Waals surface area contributed by atoms with Crippen LogP contribution >= 0.6 is 11.8 Å². The molecule has 0 aromatic carbocycles. The van der Waals surface area contributed by atoms with E-state index in [1.54, 1.807) is 17.8 Å². The Morgan fingerprint density at radius 3 is 3.00 bits per heavy atom. The Bertz CT molecular complexity index is 427. The van der Waals surface area contributed by atoms with Gasteiger partial charge >= 0.3 is 0 Å². The molecule has 0 fully saturated rings. The van der Waals surface area contributed by atoms with Gasteiger partial charge in [0, 0.05) is 10.7 Å². The summed E-state index contributed by atoms with van der Waals surface area (Å²) < 4.78 is 0. The van der Waals surface area contributed by atoms with E-state index in [1.165, 1.54) is 0 Å². The fourth-order valence-corrected chi connectivity index (χ4v) is 2.71. The van der Waals surface area contributed by atoms with Crippen LogP contribution in [0.1, 0.15) is 0 Å². The van der Waals surface area contributed by atoms with Crippen LogP contribution in [0.15, 0.2) is 33.8 Å². The van der Waals surface area contributed by atoms with Gasteiger partial charge < -0.3 is 0 Å². The number of nitrogens with one attached hydrogen (secondary N) is 1. The molecule has 64 valence electrons. The first-order valence-corrected chi connectivity index (χ1v) is 4.91. The van der Waals surface area contributed by atoms with Gasteiger partial charge in [-0.25, -0.2) is 0 Å². The quantitative estimate of drug-likeness (QED) is 0.567. The van der Waals surface area contributed by atoms with Gasteiger partial charge in [-0.3, -0.25) is 14.9 Å². The monoisotopic (exact) mass is 191 g/mol. The summed E-state index contributed by atoms with van der Waals surface area (Å²) in [7, 11) is 0. The number of fused-ring (bicyclic) bond motifs is 2. The molecule has 2 heterocycles. The van der Waals surface area contributed by atoms with E-state index < -0.39 is 0 Å². The number of thioether (sulfide) groups is 1. The predicted molar refractivity (Wildman–Crippen MR) is 48.8 cm³/mol. The number of carbonyl (C=O) groups excluding carboxylic acids is 2. The summed E-state index contributed by atoms with van der Waals surface area (Å²) in [6.45, 7) is 0. The third kappa shape index (κ3) is 0.759. The smallest absolute Gasteiger partial charge is 0.259 e. The first-order chi connectivity index (χ1) is 6.27. The Kier molecular flexibility index (Phi) is 1.18. The van der Waals surface area contributed by atoms with Crippen molar-refractivity contribution in [2.45, 2.75) is 0 Å². The second-order valence-electron chi connectivity index (χ2n) is 3.01. The Balaban J connectivity index is 2.23. The largest absolute Gasteiger partial charge is 0.288 e. The lowest BCUT2D eigenvalue weighted by Gasteiger charge is -1.98. The first kappa shape index (κ1) is 7.15. The fraction of sp³-hybridized carbons (Fsp3) is 0.111. The summed E-state index contributed by atoms with van der Waals surface area (Å²) in [6, 6.07) is 0. The van der Waals surface area contributed by atoms with Crippen molar-refractivity contribution in [2.75, 3.05) is 5.75 Å². The second kappa shape index (κ2) is 2.14. The van der Waals surface area contributed by atoms with Gasteiger partial charge in [0.15, 0.2) is 0 Å². The lowest BCUT2D eigenvalue weighted by atomic mass is 10.1. The minimum atomic E-state index is -0.261. The summed E-state index contributed by atoms with van der Waals surface area (Å²) >= 11 is 1.67. The minimum absolute atomic E-state index is 0.250. The molecule has 0 spiro atoms. The van der Waals surface area contributed by atoms with E-state index in [1.807, 2.05) is 6.08 Å². The number of hydrogen-bond acceptors (Lipinski definition) is 3. The topological polar surface area (TPSA) is 46.2 Å². The number of carbonyl (C=O) groups is 2. The van der Waals surface area contributed by atoms with Gasteiger partial charge in [0.2, 0.25) is 0 Å². The highest BCUT2D eigenvalue weighted by Gasteiger charge is 2.38. The number of allylic oxidation sites excluding steroid dienone is 1. The van der Waals surface area contributed by atoms with Gasteiger partial charge in [0.25, 0.3) is 11.8 Å². The van der Waals surface area contributed by atoms with Gasteiger partial charge in [-0.05, 0) is 11.6 Å². The predicted octanol–water partition coefficient (Wildman–Crippen LogP) is 0.510. The van der Waals surface area contributed by atoms with Gasteiger partial charge in [0.05, 0.1) is 11.1 Å². The molecule has 3 aliphatic rings. The van der Waals surface area contributed by atoms with Crippen LogP contribution < -0.4 is 5.32 Å². The number of amides is 2. The van der Waals surface area contributed by atoms with Crippen molar-refractivity contribution >= 4 is 23.6 Å². The van der Waals surface area contributed by atoms with Crippen LogP contribution in [0.3, 0.4) is 0 Å². The molecule has 0 bridgehead atoms. The lowest BCUT2D eigenvalue weighted by Crippen LogP contribution is -2.24. The standard InChI is InChI=1S/C9H5NO2S/c11-8-5-3-6-4(1-2-13-6)7(5)9(12)10-8/h1,3H,2H2,(H,10,11,12). The highest BCUT2D eigenvalue weighted by molar-refractivity contribution is 8.03. The molecule has 2 amide bonds. The molecule has 1 N–H and O–H groups in total. The molecule has 0 aromatic heterocycles. The molecule has 0 saturated heterocycles. The third-order valence-electron chi connectivity index (χ3n) is 2.30. The maximum absolute atomic E-state index is 11.3. The Morgan fingerprint density at radius 2 is 2.15 bits per heavy atom. The van der Waals surface area contributed by atoms with Crippen molar-refractivity contribution in [2.24, 2.45) is 0 Å². The molecule has 0 atom stereocenters. The van der Waals surface area contributed by atoms with Crippen molar-refractivity contribution in [3.8, 4) is 0 Å². The van der Waals surface area contributed by atoms with Gasteiger partial charge in [-0.15, -0.1) is 11.8 Å². The SMILES string of the molecule is O=C1NC(=O)C2=C1C=C1SCC=C12. The third-order valence-corrected chi connectivity index (χ3v) is 3.29. The lowest BCUT2D eigenvalue weighted by molar-refractivity contribution is -0.124. The molecule has 13 heavy (non-hydrogen) atoms. The van der Waals surface area contributed by atoms with E-state index in [2.05, 4.69) is 5.32 Å². The van der Waals surface area contributed by atoms with Crippen molar-refractivity contribution in [3.05, 3.63) is 33.8 Å². The van der Waals surface area contributed by atoms with Crippen LogP contribution in [0.4, 0.5) is 0 Å². The zero-order valence-electron chi connectivity index (χ0n) is 6.59. The number of rotatable bonds is 0. The van der Waals surface area contributed by atoms with Crippen LogP contribution in [0.5, 0.6) is 0 Å². The average Bonchev–Trinajstić information content (AvgIpc) is 2.63. The molecular formula is C9H5NO2S. The second-order valence-corrected chi connectivity index (χ2v) is 4.07. The molecule has 4 heteroatoms. The van der Waals surface area contributed by atoms with Gasteiger partial charge in [0.1, 0.15) is 0 Å². The van der Waals surface area contributed by atoms with E-state index in [-0.39, 0.29) is 11.8 Å².